The van der Waals surface area contributed by atoms with Gasteiger partial charge in [-0.05, 0) is 6.16 Å². The molecule has 0 rings (SSSR count). The van der Waals surface area contributed by atoms with E-state index in [1.165, 1.54) is 0 Å². The molecule has 0 unspecified atom stereocenters. The molecule has 0 spiro atoms. The molecule has 0 aliphatic carbocycles. The van der Waals surface area contributed by atoms with Crippen LogP contribution >= 0.6 is 0 Å². The van der Waals surface area contributed by atoms with Gasteiger partial charge in [0.05, 0.1) is 0 Å². The summed E-state index contributed by atoms with van der Waals surface area (Å²) in [7, 11) is 0. The molecule has 0 radical (unpaired) electrons. The van der Waals surface area contributed by atoms with E-state index in [4.69, 9.17) is 30.0 Å². The van der Waals surface area contributed by atoms with Gasteiger partial charge < -0.3 is 30.0 Å². The average Bonchev–Trinajstić information content (AvgIpc) is 1.25. The van der Waals surface area contributed by atoms with Crippen molar-refractivity contribution in [1.82, 2.24) is 0 Å². The van der Waals surface area contributed by atoms with Gasteiger partial charge in [0, 0.05) is 0 Å². The van der Waals surface area contributed by atoms with Gasteiger partial charge in [0.25, 0.3) is 0 Å². The van der Waals surface area contributed by atoms with Gasteiger partial charge in [0.1, 0.15) is 0 Å². The first-order chi connectivity index (χ1) is 3.46. The van der Waals surface area contributed by atoms with E-state index in [9.17, 15) is 0 Å². The monoisotopic (exact) mass is 200 g/mol. The van der Waals surface area contributed by atoms with Crippen LogP contribution in [0.3, 0.4) is 0 Å². The van der Waals surface area contributed by atoms with Crippen molar-refractivity contribution in [3.63, 3.8) is 0 Å². The molecule has 6 nitrogen and oxygen atoms in total. The smallest absolute Gasteiger partial charge is 0.652 e. The molecule has 0 bridgehead atoms. The summed E-state index contributed by atoms with van der Waals surface area (Å²) in [5.41, 5.74) is 0. The molecule has 10 heavy (non-hydrogen) atoms. The van der Waals surface area contributed by atoms with Crippen molar-refractivity contribution >= 4 is 50.0 Å². The van der Waals surface area contributed by atoms with E-state index >= 15 is 0 Å². The normalized spacial score (nSPS) is 4.80. The molecular weight excluding hydrogens is 199 g/mol. The number of carboxylic acid groups (broad SMARTS) is 4. The summed E-state index contributed by atoms with van der Waals surface area (Å²) in [4.78, 5) is 16.8. The minimum Gasteiger partial charge on any atom is -0.652 e. The second-order valence-electron chi connectivity index (χ2n) is 0.516. The van der Waals surface area contributed by atoms with E-state index in [0.717, 1.165) is 0 Å². The molecule has 8 heteroatoms. The minimum atomic E-state index is -2.33. The van der Waals surface area contributed by atoms with E-state index in [0.29, 0.717) is 0 Å². The number of rotatable bonds is 0. The Labute approximate surface area is 129 Å². The van der Waals surface area contributed by atoms with E-state index in [-0.39, 0.29) is 89.1 Å². The molecular formula is C2HCaKO6. The van der Waals surface area contributed by atoms with E-state index < -0.39 is 12.3 Å². The fraction of sp³-hybridized carbons (Fsp3) is 0. The van der Waals surface area contributed by atoms with Gasteiger partial charge >= 0.3 is 89.1 Å². The second-order valence-corrected chi connectivity index (χ2v) is 0.516. The standard InChI is InChI=1S/2CH2O3.Ca.K/c2*2-1(3)4;;/h2*(H2,2,3,4);;/q;;+2;+1/p-3. The first-order valence-electron chi connectivity index (χ1n) is 1.24. The molecule has 0 amide bonds. The molecule has 0 heterocycles. The predicted molar refractivity (Wildman–Crippen MR) is 19.2 cm³/mol. The Kier molecular flexibility index (Phi) is 37.9. The van der Waals surface area contributed by atoms with Crippen LogP contribution in [0, 0.1) is 0 Å². The van der Waals surface area contributed by atoms with Crippen LogP contribution in [0.25, 0.3) is 0 Å². The van der Waals surface area contributed by atoms with Crippen molar-refractivity contribution in [2.24, 2.45) is 0 Å². The number of hydrogen-bond donors (Lipinski definition) is 1. The first-order valence-corrected chi connectivity index (χ1v) is 1.24. The summed E-state index contributed by atoms with van der Waals surface area (Å²) in [6.45, 7) is 0. The fourth-order valence-corrected chi connectivity index (χ4v) is 0. The topological polar surface area (TPSA) is 124 Å². The Morgan fingerprint density at radius 3 is 1.10 bits per heavy atom. The Bertz CT molecular complexity index is 73.7. The minimum absolute atomic E-state index is 0. The van der Waals surface area contributed by atoms with Crippen LogP contribution in [-0.4, -0.2) is 55.2 Å². The van der Waals surface area contributed by atoms with Gasteiger partial charge in [-0.15, -0.1) is 0 Å². The molecule has 1 N–H and O–H groups in total. The largest absolute Gasteiger partial charge is 2.00 e. The maximum Gasteiger partial charge on any atom is 2.00 e. The third-order valence-corrected chi connectivity index (χ3v) is 0. The Hall–Kier alpha value is 1.44. The van der Waals surface area contributed by atoms with Gasteiger partial charge in [-0.2, -0.15) is 0 Å². The van der Waals surface area contributed by atoms with E-state index in [1.54, 1.807) is 0 Å². The first kappa shape index (κ1) is 22.5. The summed E-state index contributed by atoms with van der Waals surface area (Å²) in [6, 6.07) is 0. The molecule has 0 aromatic heterocycles. The maximum atomic E-state index is 8.44. The van der Waals surface area contributed by atoms with Crippen molar-refractivity contribution in [3.05, 3.63) is 0 Å². The molecule has 0 fully saturated rings. The molecule has 0 aromatic rings. The SMILES string of the molecule is O=C([O-])O.O=C([O-])[O-].[Ca+2].[K+]. The molecule has 0 aromatic carbocycles. The van der Waals surface area contributed by atoms with Crippen molar-refractivity contribution in [2.45, 2.75) is 0 Å². The zero-order valence-corrected chi connectivity index (χ0v) is 10.5. The molecule has 0 atom stereocenters. The molecule has 0 aliphatic rings. The fourth-order valence-electron chi connectivity index (χ4n) is 0. The van der Waals surface area contributed by atoms with Crippen molar-refractivity contribution in [1.29, 1.82) is 0 Å². The van der Waals surface area contributed by atoms with Crippen LogP contribution in [-0.2, 0) is 0 Å². The molecule has 0 saturated heterocycles. The summed E-state index contributed by atoms with van der Waals surface area (Å²) in [6.07, 6.45) is -4.42. The van der Waals surface area contributed by atoms with Crippen LogP contribution in [0.5, 0.6) is 0 Å². The van der Waals surface area contributed by atoms with Crippen LogP contribution in [0.1, 0.15) is 0 Å². The summed E-state index contributed by atoms with van der Waals surface area (Å²) < 4.78 is 0. The van der Waals surface area contributed by atoms with Crippen LogP contribution < -0.4 is 66.7 Å². The summed E-state index contributed by atoms with van der Waals surface area (Å²) in [5.74, 6) is 0. The third kappa shape index (κ3) is 326. The number of carbonyl (C=O) groups excluding carboxylic acids is 1. The van der Waals surface area contributed by atoms with Gasteiger partial charge in [0.15, 0.2) is 0 Å². The second kappa shape index (κ2) is 16.8. The van der Waals surface area contributed by atoms with Crippen molar-refractivity contribution in [3.8, 4) is 0 Å². The molecule has 0 saturated carbocycles. The molecule has 48 valence electrons. The van der Waals surface area contributed by atoms with Gasteiger partial charge in [0.2, 0.25) is 6.16 Å². The van der Waals surface area contributed by atoms with Crippen LogP contribution in [0.4, 0.5) is 9.59 Å². The summed E-state index contributed by atoms with van der Waals surface area (Å²) in [5, 5.41) is 32.0. The Morgan fingerprint density at radius 1 is 1.10 bits per heavy atom. The van der Waals surface area contributed by atoms with E-state index in [1.807, 2.05) is 0 Å². The van der Waals surface area contributed by atoms with Crippen LogP contribution in [0.2, 0.25) is 0 Å². The van der Waals surface area contributed by atoms with Gasteiger partial charge in [-0.25, -0.2) is 0 Å². The van der Waals surface area contributed by atoms with Crippen molar-refractivity contribution < 1.29 is 81.4 Å². The average molecular weight is 200 g/mol. The number of carbonyl (C=O) groups is 2. The van der Waals surface area contributed by atoms with Gasteiger partial charge in [-0.1, -0.05) is 0 Å². The zero-order chi connectivity index (χ0) is 7.15. The third-order valence-electron chi connectivity index (χ3n) is 0. The number of hydrogen-bond acceptors (Lipinski definition) is 5. The Morgan fingerprint density at radius 2 is 1.10 bits per heavy atom. The van der Waals surface area contributed by atoms with Crippen LogP contribution in [0.15, 0.2) is 0 Å². The maximum absolute atomic E-state index is 8.44. The quantitative estimate of drug-likeness (QED) is 0.387. The van der Waals surface area contributed by atoms with Crippen molar-refractivity contribution in [2.75, 3.05) is 0 Å². The summed E-state index contributed by atoms with van der Waals surface area (Å²) >= 11 is 0. The molecule has 0 aliphatic heterocycles. The zero-order valence-electron chi connectivity index (χ0n) is 5.20. The van der Waals surface area contributed by atoms with E-state index in [2.05, 4.69) is 0 Å². The Balaban J connectivity index is -0.0000000300. The van der Waals surface area contributed by atoms with Gasteiger partial charge in [-0.3, -0.25) is 0 Å². The predicted octanol–water partition coefficient (Wildman–Crippen LogP) is -6.94.